The van der Waals surface area contributed by atoms with Crippen LogP contribution in [0.15, 0.2) is 0 Å². The van der Waals surface area contributed by atoms with E-state index in [9.17, 15) is 19.8 Å². The quantitative estimate of drug-likeness (QED) is 0.492. The molecule has 6 nitrogen and oxygen atoms in total. The Morgan fingerprint density at radius 2 is 2.18 bits per heavy atom. The normalized spacial score (nSPS) is 41.5. The number of carbonyl (C=O) groups is 2. The molecule has 0 saturated carbocycles. The van der Waals surface area contributed by atoms with Gasteiger partial charge in [0.1, 0.15) is 6.10 Å². The molecule has 0 aromatic heterocycles. The number of carbonyl (C=O) groups excluding carboxylic acids is 2. The fourth-order valence-electron chi connectivity index (χ4n) is 2.66. The fraction of sp³-hybridized carbons (Fsp3) is 0.818. The zero-order chi connectivity index (χ0) is 12.6. The lowest BCUT2D eigenvalue weighted by molar-refractivity contribution is -0.188. The van der Waals surface area contributed by atoms with Crippen LogP contribution in [0.4, 0.5) is 0 Å². The van der Waals surface area contributed by atoms with Crippen molar-refractivity contribution in [1.29, 1.82) is 0 Å². The van der Waals surface area contributed by atoms with Crippen LogP contribution in [0.25, 0.3) is 0 Å². The van der Waals surface area contributed by atoms with Gasteiger partial charge < -0.3 is 20.8 Å². The molecule has 2 amide bonds. The molecule has 0 aromatic rings. The third-order valence-electron chi connectivity index (χ3n) is 3.62. The number of aliphatic hydroxyl groups is 2. The largest absolute Gasteiger partial charge is 0.387 e. The summed E-state index contributed by atoms with van der Waals surface area (Å²) < 4.78 is 0. The fourth-order valence-corrected chi connectivity index (χ4v) is 2.66. The van der Waals surface area contributed by atoms with Crippen LogP contribution in [0.5, 0.6) is 0 Å². The molecule has 0 aromatic carbocycles. The molecule has 0 spiro atoms. The summed E-state index contributed by atoms with van der Waals surface area (Å²) in [5, 5.41) is 25.6. The van der Waals surface area contributed by atoms with Crippen molar-refractivity contribution in [1.82, 2.24) is 10.6 Å². The molecular formula is C11H18N2O4. The Bertz CT molecular complexity index is 346. The van der Waals surface area contributed by atoms with E-state index >= 15 is 0 Å². The summed E-state index contributed by atoms with van der Waals surface area (Å²) in [5.41, 5.74) is -1.72. The first-order chi connectivity index (χ1) is 7.99. The molecule has 4 N–H and O–H groups in total. The van der Waals surface area contributed by atoms with Crippen LogP contribution >= 0.6 is 0 Å². The van der Waals surface area contributed by atoms with Gasteiger partial charge in [-0.05, 0) is 12.8 Å². The molecule has 6 heteroatoms. The summed E-state index contributed by atoms with van der Waals surface area (Å²) in [5.74, 6) is -1.21. The minimum Gasteiger partial charge on any atom is -0.387 e. The van der Waals surface area contributed by atoms with Crippen LogP contribution in [0, 0.1) is 5.92 Å². The summed E-state index contributed by atoms with van der Waals surface area (Å²) in [6, 6.07) is -0.601. The summed E-state index contributed by atoms with van der Waals surface area (Å²) in [4.78, 5) is 23.1. The first-order valence-corrected chi connectivity index (χ1v) is 6.01. The number of nitrogens with one attached hydrogen (secondary N) is 2. The second kappa shape index (κ2) is 4.27. The van der Waals surface area contributed by atoms with Gasteiger partial charge in [-0.2, -0.15) is 0 Å². The minimum absolute atomic E-state index is 0.245. The van der Waals surface area contributed by atoms with Gasteiger partial charge in [-0.15, -0.1) is 0 Å². The highest BCUT2D eigenvalue weighted by Gasteiger charge is 2.55. The maximum Gasteiger partial charge on any atom is 0.226 e. The van der Waals surface area contributed by atoms with Crippen molar-refractivity contribution in [2.45, 2.75) is 50.5 Å². The standard InChI is InChI=1S/C11H18N2O4/c1-2-3-6-9(15)11(17)7(12-10(6)16)4-5-8(14)13-11/h6-7,9,15,17H,2-5H2,1H3,(H,12,16)(H,13,14). The third kappa shape index (κ3) is 1.91. The number of amides is 2. The molecule has 0 bridgehead atoms. The van der Waals surface area contributed by atoms with Gasteiger partial charge in [-0.3, -0.25) is 9.59 Å². The predicted octanol–water partition coefficient (Wildman–Crippen LogP) is -1.14. The van der Waals surface area contributed by atoms with Gasteiger partial charge in [0, 0.05) is 6.42 Å². The van der Waals surface area contributed by atoms with Crippen molar-refractivity contribution in [2.75, 3.05) is 0 Å². The van der Waals surface area contributed by atoms with Gasteiger partial charge in [-0.1, -0.05) is 13.3 Å². The van der Waals surface area contributed by atoms with E-state index in [2.05, 4.69) is 10.6 Å². The molecule has 2 fully saturated rings. The number of hydrogen-bond donors (Lipinski definition) is 4. The Morgan fingerprint density at radius 1 is 1.47 bits per heavy atom. The maximum atomic E-state index is 11.8. The predicted molar refractivity (Wildman–Crippen MR) is 58.7 cm³/mol. The Kier molecular flexibility index (Phi) is 3.09. The number of fused-ring (bicyclic) bond motifs is 1. The van der Waals surface area contributed by atoms with Crippen molar-refractivity contribution in [3.05, 3.63) is 0 Å². The summed E-state index contributed by atoms with van der Waals surface area (Å²) in [6.07, 6.45) is 0.565. The van der Waals surface area contributed by atoms with E-state index in [1.54, 1.807) is 0 Å². The Labute approximate surface area is 99.4 Å². The first kappa shape index (κ1) is 12.3. The van der Waals surface area contributed by atoms with Gasteiger partial charge in [0.15, 0.2) is 5.72 Å². The smallest absolute Gasteiger partial charge is 0.226 e. The molecule has 2 saturated heterocycles. The number of piperidine rings is 2. The molecule has 96 valence electrons. The molecular weight excluding hydrogens is 224 g/mol. The van der Waals surface area contributed by atoms with E-state index in [-0.39, 0.29) is 18.2 Å². The van der Waals surface area contributed by atoms with Crippen molar-refractivity contribution in [3.8, 4) is 0 Å². The lowest BCUT2D eigenvalue weighted by Gasteiger charge is -2.49. The molecule has 0 radical (unpaired) electrons. The van der Waals surface area contributed by atoms with E-state index in [0.717, 1.165) is 6.42 Å². The van der Waals surface area contributed by atoms with Crippen LogP contribution in [0.1, 0.15) is 32.6 Å². The van der Waals surface area contributed by atoms with E-state index in [1.807, 2.05) is 6.92 Å². The van der Waals surface area contributed by atoms with Gasteiger partial charge in [-0.25, -0.2) is 0 Å². The summed E-state index contributed by atoms with van der Waals surface area (Å²) in [7, 11) is 0. The van der Waals surface area contributed by atoms with Crippen LogP contribution in [-0.4, -0.2) is 39.9 Å². The molecule has 2 heterocycles. The van der Waals surface area contributed by atoms with Crippen LogP contribution in [-0.2, 0) is 9.59 Å². The van der Waals surface area contributed by atoms with Crippen molar-refractivity contribution < 1.29 is 19.8 Å². The Balaban J connectivity index is 2.24. The lowest BCUT2D eigenvalue weighted by atomic mass is 9.77. The highest BCUT2D eigenvalue weighted by Crippen LogP contribution is 2.32. The third-order valence-corrected chi connectivity index (χ3v) is 3.62. The molecule has 4 atom stereocenters. The van der Waals surface area contributed by atoms with Crippen molar-refractivity contribution in [3.63, 3.8) is 0 Å². The van der Waals surface area contributed by atoms with Crippen LogP contribution in [0.3, 0.4) is 0 Å². The van der Waals surface area contributed by atoms with E-state index in [1.165, 1.54) is 0 Å². The Hall–Kier alpha value is -1.14. The first-order valence-electron chi connectivity index (χ1n) is 6.01. The highest BCUT2D eigenvalue weighted by molar-refractivity contribution is 5.84. The SMILES string of the molecule is CCCC1C(=O)NC2CCC(=O)NC2(O)C1O. The molecule has 0 aliphatic carbocycles. The topological polar surface area (TPSA) is 98.7 Å². The van der Waals surface area contributed by atoms with Crippen LogP contribution in [0.2, 0.25) is 0 Å². The lowest BCUT2D eigenvalue weighted by Crippen LogP contribution is -2.76. The van der Waals surface area contributed by atoms with Crippen LogP contribution < -0.4 is 10.6 Å². The highest BCUT2D eigenvalue weighted by atomic mass is 16.4. The summed E-state index contributed by atoms with van der Waals surface area (Å²) >= 11 is 0. The number of aliphatic hydroxyl groups excluding tert-OH is 1. The molecule has 17 heavy (non-hydrogen) atoms. The van der Waals surface area contributed by atoms with Crippen molar-refractivity contribution >= 4 is 11.8 Å². The molecule has 2 aliphatic rings. The Morgan fingerprint density at radius 3 is 2.82 bits per heavy atom. The van der Waals surface area contributed by atoms with E-state index in [0.29, 0.717) is 12.8 Å². The monoisotopic (exact) mass is 242 g/mol. The summed E-state index contributed by atoms with van der Waals surface area (Å²) in [6.45, 7) is 1.90. The number of rotatable bonds is 2. The van der Waals surface area contributed by atoms with Gasteiger partial charge in [0.25, 0.3) is 0 Å². The second-order valence-electron chi connectivity index (χ2n) is 4.81. The average molecular weight is 242 g/mol. The van der Waals surface area contributed by atoms with Gasteiger partial charge >= 0.3 is 0 Å². The minimum atomic E-state index is -1.72. The van der Waals surface area contributed by atoms with Gasteiger partial charge in [0.05, 0.1) is 12.0 Å². The zero-order valence-electron chi connectivity index (χ0n) is 9.77. The van der Waals surface area contributed by atoms with E-state index < -0.39 is 23.8 Å². The van der Waals surface area contributed by atoms with E-state index in [4.69, 9.17) is 0 Å². The van der Waals surface area contributed by atoms with Crippen molar-refractivity contribution in [2.24, 2.45) is 5.92 Å². The molecule has 2 aliphatic heterocycles. The molecule has 4 unspecified atom stereocenters. The second-order valence-corrected chi connectivity index (χ2v) is 4.81. The van der Waals surface area contributed by atoms with Gasteiger partial charge in [0.2, 0.25) is 11.8 Å². The average Bonchev–Trinajstić information content (AvgIpc) is 2.27. The maximum absolute atomic E-state index is 11.8. The zero-order valence-corrected chi connectivity index (χ0v) is 9.77. The molecule has 2 rings (SSSR count). The number of hydrogen-bond acceptors (Lipinski definition) is 4.